The van der Waals surface area contributed by atoms with E-state index < -0.39 is 9.71 Å². The highest BCUT2D eigenvalue weighted by Gasteiger charge is 2.53. The van der Waals surface area contributed by atoms with Crippen molar-refractivity contribution in [2.45, 2.75) is 54.4 Å². The lowest BCUT2D eigenvalue weighted by Gasteiger charge is -2.43. The minimum atomic E-state index is -1.56. The fourth-order valence-corrected chi connectivity index (χ4v) is 5.79. The van der Waals surface area contributed by atoms with E-state index in [9.17, 15) is 9.59 Å². The van der Waals surface area contributed by atoms with Gasteiger partial charge in [0.2, 0.25) is 3.79 Å². The minimum Gasteiger partial charge on any atom is -0.469 e. The number of aryl methyl sites for hydroxylation is 1. The molecule has 2 aliphatic rings. The van der Waals surface area contributed by atoms with E-state index in [-0.39, 0.29) is 36.5 Å². The molecular weight excluding hydrogens is 549 g/mol. The van der Waals surface area contributed by atoms with Crippen LogP contribution in [0.1, 0.15) is 43.2 Å². The Morgan fingerprint density at radius 2 is 2.03 bits per heavy atom. The molecule has 0 unspecified atom stereocenters. The highest BCUT2D eigenvalue weighted by Crippen LogP contribution is 2.47. The van der Waals surface area contributed by atoms with Crippen molar-refractivity contribution in [3.63, 3.8) is 0 Å². The van der Waals surface area contributed by atoms with E-state index in [4.69, 9.17) is 39.5 Å². The Morgan fingerprint density at radius 1 is 1.31 bits per heavy atom. The van der Waals surface area contributed by atoms with Crippen LogP contribution in [0.2, 0.25) is 0 Å². The number of benzene rings is 1. The summed E-state index contributed by atoms with van der Waals surface area (Å²) in [5.74, 6) is -0.689. The molecule has 2 saturated heterocycles. The molecule has 1 aromatic rings. The zero-order valence-electron chi connectivity index (χ0n) is 16.3. The van der Waals surface area contributed by atoms with Gasteiger partial charge in [0.05, 0.1) is 19.6 Å². The summed E-state index contributed by atoms with van der Waals surface area (Å²) in [6.07, 6.45) is 3.28. The fourth-order valence-electron chi connectivity index (χ4n) is 4.67. The van der Waals surface area contributed by atoms with Gasteiger partial charge in [-0.2, -0.15) is 0 Å². The molecule has 0 spiro atoms. The summed E-state index contributed by atoms with van der Waals surface area (Å²) >= 11 is 19.7. The predicted octanol–water partition coefficient (Wildman–Crippen LogP) is 5.04. The van der Waals surface area contributed by atoms with E-state index in [2.05, 4.69) is 53.0 Å². The van der Waals surface area contributed by atoms with E-state index in [0.29, 0.717) is 6.42 Å². The van der Waals surface area contributed by atoms with E-state index in [1.54, 1.807) is 4.90 Å². The maximum atomic E-state index is 12.8. The Balaban J connectivity index is 1.88. The van der Waals surface area contributed by atoms with Gasteiger partial charge in [0.15, 0.2) is 0 Å². The van der Waals surface area contributed by atoms with Crippen molar-refractivity contribution in [2.24, 2.45) is 5.92 Å². The molecule has 160 valence electrons. The molecule has 2 amide bonds. The zero-order chi connectivity index (χ0) is 21.3. The van der Waals surface area contributed by atoms with Crippen LogP contribution >= 0.6 is 57.4 Å². The molecule has 9 heteroatoms. The number of rotatable bonds is 4. The number of piperidine rings is 1. The van der Waals surface area contributed by atoms with Gasteiger partial charge < -0.3 is 15.0 Å². The summed E-state index contributed by atoms with van der Waals surface area (Å²) < 4.78 is 4.78. The van der Waals surface area contributed by atoms with Crippen LogP contribution in [0.3, 0.4) is 0 Å². The molecule has 2 fully saturated rings. The summed E-state index contributed by atoms with van der Waals surface area (Å²) in [7, 11) is 1.40. The smallest absolute Gasteiger partial charge is 0.318 e. The van der Waals surface area contributed by atoms with Crippen LogP contribution in [0.4, 0.5) is 4.79 Å². The Hall–Kier alpha value is -0.440. The number of carbonyl (C=O) groups is 2. The van der Waals surface area contributed by atoms with Crippen molar-refractivity contribution < 1.29 is 14.3 Å². The molecule has 4 atom stereocenters. The average Bonchev–Trinajstić information content (AvgIpc) is 2.98. The van der Waals surface area contributed by atoms with Crippen molar-refractivity contribution in [2.75, 3.05) is 13.7 Å². The first kappa shape index (κ1) is 23.2. The largest absolute Gasteiger partial charge is 0.469 e. The lowest BCUT2D eigenvalue weighted by atomic mass is 9.76. The monoisotopic (exact) mass is 572 g/mol. The summed E-state index contributed by atoms with van der Waals surface area (Å²) in [6, 6.07) is 5.92. The van der Waals surface area contributed by atoms with E-state index in [1.807, 2.05) is 0 Å². The van der Waals surface area contributed by atoms with Crippen LogP contribution in [0.25, 0.3) is 0 Å². The number of methoxy groups -OCH3 is 1. The van der Waals surface area contributed by atoms with Gasteiger partial charge in [-0.1, -0.05) is 53.9 Å². The molecule has 1 aromatic carbocycles. The standard InChI is InChI=1S/C20H24Cl3IN2O3/c1-3-11-4-5-12(8-15(11)24)14-9-13-6-7-16(17(14)18(27)29-2)26(13)19(28)25-10-20(21,22)23/h4-5,8,13-14,16-17H,3,6-7,9-10H2,1-2H3,(H,25,28)/t13-,14+,16+,17-/m0/s1. The van der Waals surface area contributed by atoms with E-state index >= 15 is 0 Å². The summed E-state index contributed by atoms with van der Waals surface area (Å²) in [4.78, 5) is 27.4. The predicted molar refractivity (Wildman–Crippen MR) is 124 cm³/mol. The number of esters is 1. The Morgan fingerprint density at radius 3 is 2.62 bits per heavy atom. The molecule has 2 heterocycles. The Labute approximate surface area is 199 Å². The van der Waals surface area contributed by atoms with Gasteiger partial charge in [0, 0.05) is 21.6 Å². The Kier molecular flexibility index (Phi) is 7.50. The third-order valence-corrected chi connectivity index (χ3v) is 7.36. The first-order valence-corrected chi connectivity index (χ1v) is 11.9. The molecule has 0 aromatic heterocycles. The molecule has 1 N–H and O–H groups in total. The van der Waals surface area contributed by atoms with Crippen LogP contribution in [0.15, 0.2) is 18.2 Å². The molecule has 0 radical (unpaired) electrons. The van der Waals surface area contributed by atoms with Gasteiger partial charge in [-0.3, -0.25) is 4.79 Å². The molecule has 0 aliphatic carbocycles. The Bertz CT molecular complexity index is 787. The first-order chi connectivity index (χ1) is 13.7. The number of halogens is 4. The number of hydrogen-bond donors (Lipinski definition) is 1. The van der Waals surface area contributed by atoms with Crippen LogP contribution < -0.4 is 5.32 Å². The van der Waals surface area contributed by atoms with Crippen LogP contribution in [-0.4, -0.2) is 46.4 Å². The number of nitrogens with one attached hydrogen (secondary N) is 1. The molecule has 2 aliphatic heterocycles. The first-order valence-electron chi connectivity index (χ1n) is 9.65. The van der Waals surface area contributed by atoms with Crippen molar-refractivity contribution >= 4 is 69.4 Å². The quantitative estimate of drug-likeness (QED) is 0.312. The highest BCUT2D eigenvalue weighted by atomic mass is 127. The minimum absolute atomic E-state index is 0.0107. The summed E-state index contributed by atoms with van der Waals surface area (Å²) in [5.41, 5.74) is 2.41. The van der Waals surface area contributed by atoms with E-state index in [0.717, 1.165) is 24.8 Å². The number of ether oxygens (including phenoxy) is 1. The molecule has 5 nitrogen and oxygen atoms in total. The van der Waals surface area contributed by atoms with Gasteiger partial charge in [-0.25, -0.2) is 4.79 Å². The lowest BCUT2D eigenvalue weighted by Crippen LogP contribution is -2.56. The van der Waals surface area contributed by atoms with Gasteiger partial charge in [0.1, 0.15) is 0 Å². The second-order valence-corrected chi connectivity index (χ2v) is 11.3. The maximum Gasteiger partial charge on any atom is 0.318 e. The van der Waals surface area contributed by atoms with Crippen LogP contribution in [0, 0.1) is 9.49 Å². The van der Waals surface area contributed by atoms with Gasteiger partial charge >= 0.3 is 12.0 Å². The molecule has 2 bridgehead atoms. The maximum absolute atomic E-state index is 12.8. The van der Waals surface area contributed by atoms with Gasteiger partial charge in [-0.05, 0) is 65.5 Å². The number of fused-ring (bicyclic) bond motifs is 2. The van der Waals surface area contributed by atoms with Gasteiger partial charge in [0.25, 0.3) is 0 Å². The lowest BCUT2D eigenvalue weighted by molar-refractivity contribution is -0.149. The topological polar surface area (TPSA) is 58.6 Å². The number of carbonyl (C=O) groups excluding carboxylic acids is 2. The van der Waals surface area contributed by atoms with Crippen molar-refractivity contribution in [3.8, 4) is 0 Å². The number of hydrogen-bond acceptors (Lipinski definition) is 3. The molecule has 29 heavy (non-hydrogen) atoms. The van der Waals surface area contributed by atoms with Crippen molar-refractivity contribution in [1.82, 2.24) is 10.2 Å². The van der Waals surface area contributed by atoms with Crippen molar-refractivity contribution in [1.29, 1.82) is 0 Å². The third kappa shape index (κ3) is 5.08. The fraction of sp³-hybridized carbons (Fsp3) is 0.600. The molecule has 3 rings (SSSR count). The SMILES string of the molecule is CCc1ccc([C@H]2C[C@@H]3CC[C@H]([C@H]2C(=O)OC)N3C(=O)NCC(Cl)(Cl)Cl)cc1I. The van der Waals surface area contributed by atoms with Crippen LogP contribution in [0.5, 0.6) is 0 Å². The highest BCUT2D eigenvalue weighted by molar-refractivity contribution is 14.1. The second-order valence-electron chi connectivity index (χ2n) is 7.58. The number of nitrogens with zero attached hydrogens (tertiary/aromatic N) is 1. The number of alkyl halides is 3. The average molecular weight is 574 g/mol. The van der Waals surface area contributed by atoms with Crippen molar-refractivity contribution in [3.05, 3.63) is 32.9 Å². The second kappa shape index (κ2) is 9.37. The normalized spacial score (nSPS) is 26.3. The molecule has 0 saturated carbocycles. The number of amides is 2. The van der Waals surface area contributed by atoms with E-state index in [1.165, 1.54) is 16.2 Å². The molecular formula is C20H24Cl3IN2O3. The number of urea groups is 1. The zero-order valence-corrected chi connectivity index (χ0v) is 20.7. The van der Waals surface area contributed by atoms with Gasteiger partial charge in [-0.15, -0.1) is 0 Å². The summed E-state index contributed by atoms with van der Waals surface area (Å²) in [5, 5.41) is 2.69. The summed E-state index contributed by atoms with van der Waals surface area (Å²) in [6.45, 7) is 2.04. The third-order valence-electron chi connectivity index (χ3n) is 5.95. The van der Waals surface area contributed by atoms with Crippen LogP contribution in [-0.2, 0) is 16.0 Å².